The van der Waals surface area contributed by atoms with Crippen LogP contribution < -0.4 is 21.9 Å². The average molecular weight is 491 g/mol. The Morgan fingerprint density at radius 1 is 1.18 bits per heavy atom. The van der Waals surface area contributed by atoms with Crippen molar-refractivity contribution in [3.63, 3.8) is 0 Å². The highest BCUT2D eigenvalue weighted by Crippen LogP contribution is 2.25. The van der Waals surface area contributed by atoms with Gasteiger partial charge in [-0.2, -0.15) is 0 Å². The van der Waals surface area contributed by atoms with Gasteiger partial charge in [-0.05, 0) is 49.4 Å². The Kier molecular flexibility index (Phi) is 8.84. The maximum absolute atomic E-state index is 13.2. The standard InChI is InChI=1S/C23H26N6O2.2ClH/c1-3-15-6-4-5-7-18(15)28-21-23(31)29-17(13-25-21)9-10-19(29)22(30)26-12-16-8-11-20(24)27-14(16)2;;/h4-8,11,13,19H,3,9-10,12H2,1-2H3,(H2,24,27)(H,25,28)(H,26,30);2*1H. The molecule has 176 valence electrons. The highest BCUT2D eigenvalue weighted by molar-refractivity contribution is 5.85. The Hall–Kier alpha value is -3.10. The molecule has 1 amide bonds. The molecule has 1 aliphatic heterocycles. The lowest BCUT2D eigenvalue weighted by Gasteiger charge is -2.17. The third-order valence-electron chi connectivity index (χ3n) is 5.68. The third-order valence-corrected chi connectivity index (χ3v) is 5.68. The molecule has 8 nitrogen and oxygen atoms in total. The van der Waals surface area contributed by atoms with Gasteiger partial charge in [-0.25, -0.2) is 9.97 Å². The first-order chi connectivity index (χ1) is 15.0. The number of nitrogens with zero attached hydrogens (tertiary/aromatic N) is 3. The minimum atomic E-state index is -0.561. The molecule has 0 saturated heterocycles. The van der Waals surface area contributed by atoms with Crippen LogP contribution in [0.15, 0.2) is 47.4 Å². The number of nitrogen functional groups attached to an aromatic ring is 1. The molecule has 10 heteroatoms. The number of aryl methyl sites for hydroxylation is 3. The van der Waals surface area contributed by atoms with E-state index in [4.69, 9.17) is 5.73 Å². The molecule has 0 radical (unpaired) electrons. The summed E-state index contributed by atoms with van der Waals surface area (Å²) in [5, 5.41) is 6.09. The van der Waals surface area contributed by atoms with E-state index in [1.807, 2.05) is 37.3 Å². The maximum atomic E-state index is 13.2. The number of carbonyl (C=O) groups excluding carboxylic acids is 1. The third kappa shape index (κ3) is 5.46. The van der Waals surface area contributed by atoms with Crippen molar-refractivity contribution >= 4 is 48.0 Å². The van der Waals surface area contributed by atoms with Gasteiger partial charge in [-0.1, -0.05) is 31.2 Å². The maximum Gasteiger partial charge on any atom is 0.294 e. The van der Waals surface area contributed by atoms with Gasteiger partial charge in [-0.3, -0.25) is 14.2 Å². The van der Waals surface area contributed by atoms with Crippen LogP contribution in [0.3, 0.4) is 0 Å². The van der Waals surface area contributed by atoms with Gasteiger partial charge in [0, 0.05) is 29.8 Å². The van der Waals surface area contributed by atoms with Gasteiger partial charge in [0.25, 0.3) is 5.56 Å². The summed E-state index contributed by atoms with van der Waals surface area (Å²) in [5.41, 5.74) is 9.78. The number of pyridine rings is 1. The van der Waals surface area contributed by atoms with Crippen molar-refractivity contribution in [3.8, 4) is 0 Å². The highest BCUT2D eigenvalue weighted by atomic mass is 35.5. The first-order valence-electron chi connectivity index (χ1n) is 10.4. The first kappa shape index (κ1) is 26.2. The number of rotatable bonds is 6. The summed E-state index contributed by atoms with van der Waals surface area (Å²) in [7, 11) is 0. The highest BCUT2D eigenvalue weighted by Gasteiger charge is 2.30. The number of aromatic nitrogens is 3. The van der Waals surface area contributed by atoms with Gasteiger partial charge in [-0.15, -0.1) is 24.8 Å². The van der Waals surface area contributed by atoms with E-state index in [2.05, 4.69) is 27.5 Å². The SMILES string of the molecule is CCc1ccccc1Nc1ncc2n(c1=O)C(C(=O)NCc1ccc(N)nc1C)CC2.Cl.Cl. The number of carbonyl (C=O) groups is 1. The molecule has 0 bridgehead atoms. The number of hydrogen-bond acceptors (Lipinski definition) is 6. The minimum absolute atomic E-state index is 0. The lowest BCUT2D eigenvalue weighted by atomic mass is 10.1. The Balaban J connectivity index is 0.00000193. The van der Waals surface area contributed by atoms with E-state index < -0.39 is 6.04 Å². The van der Waals surface area contributed by atoms with Crippen molar-refractivity contribution in [2.75, 3.05) is 11.1 Å². The van der Waals surface area contributed by atoms with E-state index in [9.17, 15) is 9.59 Å². The summed E-state index contributed by atoms with van der Waals surface area (Å²) in [6.07, 6.45) is 3.71. The van der Waals surface area contributed by atoms with Crippen molar-refractivity contribution in [1.29, 1.82) is 0 Å². The molecule has 1 aliphatic rings. The predicted molar refractivity (Wildman–Crippen MR) is 135 cm³/mol. The van der Waals surface area contributed by atoms with Gasteiger partial charge in [0.1, 0.15) is 11.9 Å². The number of nitrogens with two attached hydrogens (primary N) is 1. The van der Waals surface area contributed by atoms with E-state index in [1.54, 1.807) is 16.8 Å². The molecule has 3 aromatic rings. The Morgan fingerprint density at radius 2 is 1.94 bits per heavy atom. The zero-order valence-corrected chi connectivity index (χ0v) is 20.1. The van der Waals surface area contributed by atoms with Gasteiger partial charge in [0.15, 0.2) is 5.82 Å². The van der Waals surface area contributed by atoms with Gasteiger partial charge < -0.3 is 16.4 Å². The summed E-state index contributed by atoms with van der Waals surface area (Å²) < 4.78 is 1.56. The number of nitrogens with one attached hydrogen (secondary N) is 2. The second-order valence-electron chi connectivity index (χ2n) is 7.66. The number of fused-ring (bicyclic) bond motifs is 1. The first-order valence-corrected chi connectivity index (χ1v) is 10.4. The number of halogens is 2. The molecule has 4 N–H and O–H groups in total. The smallest absolute Gasteiger partial charge is 0.294 e. The van der Waals surface area contributed by atoms with Crippen LogP contribution in [-0.2, 0) is 24.2 Å². The molecule has 0 spiro atoms. The molecule has 0 aliphatic carbocycles. The van der Waals surface area contributed by atoms with Crippen LogP contribution in [0.2, 0.25) is 0 Å². The molecule has 4 rings (SSSR count). The van der Waals surface area contributed by atoms with Crippen LogP contribution in [0.25, 0.3) is 0 Å². The van der Waals surface area contributed by atoms with Crippen LogP contribution in [0, 0.1) is 6.92 Å². The lowest BCUT2D eigenvalue weighted by molar-refractivity contribution is -0.124. The molecular formula is C23H28Cl2N6O2. The normalized spacial score (nSPS) is 13.9. The summed E-state index contributed by atoms with van der Waals surface area (Å²) in [6, 6.07) is 10.8. The molecule has 3 heterocycles. The molecule has 0 saturated carbocycles. The molecule has 1 atom stereocenters. The van der Waals surface area contributed by atoms with Crippen molar-refractivity contribution in [2.24, 2.45) is 0 Å². The summed E-state index contributed by atoms with van der Waals surface area (Å²) in [6.45, 7) is 4.24. The zero-order chi connectivity index (χ0) is 22.0. The van der Waals surface area contributed by atoms with E-state index in [-0.39, 0.29) is 42.1 Å². The number of amides is 1. The molecule has 2 aromatic heterocycles. The lowest BCUT2D eigenvalue weighted by Crippen LogP contribution is -2.36. The van der Waals surface area contributed by atoms with Gasteiger partial charge in [0.05, 0.1) is 0 Å². The van der Waals surface area contributed by atoms with Crippen molar-refractivity contribution < 1.29 is 4.79 Å². The monoisotopic (exact) mass is 490 g/mol. The van der Waals surface area contributed by atoms with E-state index >= 15 is 0 Å². The number of para-hydroxylation sites is 1. The van der Waals surface area contributed by atoms with Crippen LogP contribution >= 0.6 is 24.8 Å². The molecule has 1 unspecified atom stereocenters. The second kappa shape index (κ2) is 11.2. The topological polar surface area (TPSA) is 115 Å². The predicted octanol–water partition coefficient (Wildman–Crippen LogP) is 3.48. The van der Waals surface area contributed by atoms with Crippen molar-refractivity contribution in [2.45, 2.75) is 45.7 Å². The molecule has 0 fully saturated rings. The average Bonchev–Trinajstić information content (AvgIpc) is 3.20. The van der Waals surface area contributed by atoms with E-state index in [0.717, 1.165) is 34.6 Å². The molecule has 1 aromatic carbocycles. The van der Waals surface area contributed by atoms with Gasteiger partial charge in [0.2, 0.25) is 5.91 Å². The van der Waals surface area contributed by atoms with Crippen LogP contribution in [0.5, 0.6) is 0 Å². The number of hydrogen-bond donors (Lipinski definition) is 3. The van der Waals surface area contributed by atoms with Crippen molar-refractivity contribution in [1.82, 2.24) is 19.9 Å². The zero-order valence-electron chi connectivity index (χ0n) is 18.5. The molecule has 33 heavy (non-hydrogen) atoms. The quantitative estimate of drug-likeness (QED) is 0.487. The summed E-state index contributed by atoms with van der Waals surface area (Å²) in [5.74, 6) is 0.479. The van der Waals surface area contributed by atoms with Crippen LogP contribution in [0.4, 0.5) is 17.3 Å². The summed E-state index contributed by atoms with van der Waals surface area (Å²) in [4.78, 5) is 34.7. The number of benzene rings is 1. The van der Waals surface area contributed by atoms with Crippen LogP contribution in [-0.4, -0.2) is 20.4 Å². The fourth-order valence-electron chi connectivity index (χ4n) is 3.95. The Morgan fingerprint density at radius 3 is 2.67 bits per heavy atom. The fourth-order valence-corrected chi connectivity index (χ4v) is 3.95. The molecular weight excluding hydrogens is 463 g/mol. The van der Waals surface area contributed by atoms with Crippen molar-refractivity contribution in [3.05, 3.63) is 75.5 Å². The van der Waals surface area contributed by atoms with E-state index in [0.29, 0.717) is 25.2 Å². The fraction of sp³-hybridized carbons (Fsp3) is 0.304. The second-order valence-corrected chi connectivity index (χ2v) is 7.66. The minimum Gasteiger partial charge on any atom is -0.384 e. The summed E-state index contributed by atoms with van der Waals surface area (Å²) >= 11 is 0. The Bertz CT molecular complexity index is 1200. The number of anilines is 3. The van der Waals surface area contributed by atoms with Crippen LogP contribution in [0.1, 0.15) is 41.9 Å². The Labute approximate surface area is 204 Å². The van der Waals surface area contributed by atoms with E-state index in [1.165, 1.54) is 0 Å². The van der Waals surface area contributed by atoms with Gasteiger partial charge >= 0.3 is 0 Å². The largest absolute Gasteiger partial charge is 0.384 e.